The van der Waals surface area contributed by atoms with E-state index < -0.39 is 0 Å². The van der Waals surface area contributed by atoms with Crippen LogP contribution in [-0.2, 0) is 6.54 Å². The summed E-state index contributed by atoms with van der Waals surface area (Å²) in [4.78, 5) is 11.1. The van der Waals surface area contributed by atoms with E-state index in [0.29, 0.717) is 0 Å². The lowest BCUT2D eigenvalue weighted by Crippen LogP contribution is -2.19. The first-order chi connectivity index (χ1) is 5.86. The molecule has 0 spiro atoms. The van der Waals surface area contributed by atoms with Gasteiger partial charge < -0.3 is 5.10 Å². The molecule has 0 saturated heterocycles. The largest absolute Gasteiger partial charge is 0.303 e. The molecule has 0 aromatic carbocycles. The number of hydrogen-bond donors (Lipinski definition) is 1. The Morgan fingerprint density at radius 3 is 2.83 bits per heavy atom. The summed E-state index contributed by atoms with van der Waals surface area (Å²) in [6.07, 6.45) is 6.94. The van der Waals surface area contributed by atoms with Gasteiger partial charge in [0, 0.05) is 18.8 Å². The van der Waals surface area contributed by atoms with Crippen molar-refractivity contribution >= 4 is 0 Å². The second-order valence-electron chi connectivity index (χ2n) is 3.56. The minimum Gasteiger partial charge on any atom is -0.303 e. The van der Waals surface area contributed by atoms with Crippen molar-refractivity contribution in [2.75, 3.05) is 0 Å². The second kappa shape index (κ2) is 3.17. The predicted octanol–water partition coefficient (Wildman–Crippen LogP) is 1.37. The Bertz CT molecular complexity index is 293. The summed E-state index contributed by atoms with van der Waals surface area (Å²) < 4.78 is 1.70. The molecule has 3 nitrogen and oxygen atoms in total. The Morgan fingerprint density at radius 2 is 2.25 bits per heavy atom. The first-order valence-electron chi connectivity index (χ1n) is 4.60. The number of aromatic nitrogens is 2. The van der Waals surface area contributed by atoms with Gasteiger partial charge in [-0.05, 0) is 18.8 Å². The van der Waals surface area contributed by atoms with Gasteiger partial charge in [0.2, 0.25) is 0 Å². The lowest BCUT2D eigenvalue weighted by molar-refractivity contribution is 0.421. The minimum absolute atomic E-state index is 0.0990. The van der Waals surface area contributed by atoms with E-state index >= 15 is 0 Å². The Labute approximate surface area is 71.4 Å². The summed E-state index contributed by atoms with van der Waals surface area (Å²) in [6.45, 7) is 0.881. The van der Waals surface area contributed by atoms with Crippen LogP contribution in [0.4, 0.5) is 0 Å². The number of hydrogen-bond acceptors (Lipinski definition) is 1. The molecule has 0 unspecified atom stereocenters. The van der Waals surface area contributed by atoms with Crippen molar-refractivity contribution in [3.8, 4) is 0 Å². The van der Waals surface area contributed by atoms with Gasteiger partial charge in [-0.3, -0.25) is 9.48 Å². The molecule has 1 aromatic rings. The van der Waals surface area contributed by atoms with Crippen LogP contribution in [0.2, 0.25) is 0 Å². The number of rotatable bonds is 2. The molecule has 1 fully saturated rings. The second-order valence-corrected chi connectivity index (χ2v) is 3.56. The van der Waals surface area contributed by atoms with Crippen molar-refractivity contribution in [1.29, 1.82) is 0 Å². The molecule has 0 atom stereocenters. The topological polar surface area (TPSA) is 37.8 Å². The maximum atomic E-state index is 11.1. The number of nitrogens with one attached hydrogen (secondary N) is 1. The van der Waals surface area contributed by atoms with Crippen LogP contribution in [0.5, 0.6) is 0 Å². The Hall–Kier alpha value is -0.990. The quantitative estimate of drug-likeness (QED) is 0.707. The molecule has 1 N–H and O–H groups in total. The lowest BCUT2D eigenvalue weighted by Gasteiger charge is -2.07. The third-order valence-corrected chi connectivity index (χ3v) is 2.64. The van der Waals surface area contributed by atoms with Gasteiger partial charge in [0.05, 0.1) is 0 Å². The van der Waals surface area contributed by atoms with Gasteiger partial charge in [-0.15, -0.1) is 0 Å². The molecule has 1 aromatic heterocycles. The van der Waals surface area contributed by atoms with Crippen molar-refractivity contribution in [3.63, 3.8) is 0 Å². The third-order valence-electron chi connectivity index (χ3n) is 2.64. The molecule has 1 saturated carbocycles. The maximum absolute atomic E-state index is 11.1. The van der Waals surface area contributed by atoms with E-state index in [-0.39, 0.29) is 5.56 Å². The maximum Gasteiger partial charge on any atom is 0.266 e. The summed E-state index contributed by atoms with van der Waals surface area (Å²) in [5, 5.41) is 2.94. The van der Waals surface area contributed by atoms with Crippen LogP contribution < -0.4 is 5.56 Å². The molecule has 0 radical (unpaired) electrons. The molecule has 1 aliphatic carbocycles. The van der Waals surface area contributed by atoms with Crippen LogP contribution in [0.3, 0.4) is 0 Å². The molecule has 1 aliphatic rings. The first kappa shape index (κ1) is 7.65. The van der Waals surface area contributed by atoms with Crippen LogP contribution >= 0.6 is 0 Å². The summed E-state index contributed by atoms with van der Waals surface area (Å²) in [7, 11) is 0. The van der Waals surface area contributed by atoms with E-state index in [9.17, 15) is 4.79 Å². The molecule has 1 heterocycles. The highest BCUT2D eigenvalue weighted by atomic mass is 16.1. The van der Waals surface area contributed by atoms with Gasteiger partial charge in [0.15, 0.2) is 0 Å². The average molecular weight is 166 g/mol. The standard InChI is InChI=1S/C9H14N2O/c12-9-5-6-10-11(9)7-8-3-1-2-4-8/h5-6,8,10H,1-4,7H2. The normalized spacial score (nSPS) is 18.7. The molecule has 0 bridgehead atoms. The zero-order valence-corrected chi connectivity index (χ0v) is 7.12. The average Bonchev–Trinajstić information content (AvgIpc) is 2.65. The number of aromatic amines is 1. The SMILES string of the molecule is O=c1cc[nH]n1CC1CCCC1. The number of nitrogens with zero attached hydrogens (tertiary/aromatic N) is 1. The molecular formula is C9H14N2O. The van der Waals surface area contributed by atoms with E-state index in [1.165, 1.54) is 25.7 Å². The van der Waals surface area contributed by atoms with Gasteiger partial charge in [-0.1, -0.05) is 12.8 Å². The molecule has 3 heteroatoms. The summed E-state index contributed by atoms with van der Waals surface area (Å²) in [6, 6.07) is 1.58. The Balaban J connectivity index is 2.03. The zero-order chi connectivity index (χ0) is 8.39. The zero-order valence-electron chi connectivity index (χ0n) is 7.12. The molecular weight excluding hydrogens is 152 g/mol. The van der Waals surface area contributed by atoms with Gasteiger partial charge >= 0.3 is 0 Å². The van der Waals surface area contributed by atoms with E-state index in [2.05, 4.69) is 5.10 Å². The third kappa shape index (κ3) is 1.44. The fourth-order valence-electron chi connectivity index (χ4n) is 1.95. The van der Waals surface area contributed by atoms with Crippen molar-refractivity contribution in [2.24, 2.45) is 5.92 Å². The van der Waals surface area contributed by atoms with Crippen LogP contribution in [-0.4, -0.2) is 9.78 Å². The van der Waals surface area contributed by atoms with E-state index in [1.54, 1.807) is 16.9 Å². The minimum atomic E-state index is 0.0990. The lowest BCUT2D eigenvalue weighted by atomic mass is 10.1. The van der Waals surface area contributed by atoms with Crippen molar-refractivity contribution in [2.45, 2.75) is 32.2 Å². The first-order valence-corrected chi connectivity index (χ1v) is 4.60. The Kier molecular flexibility index (Phi) is 2.02. The van der Waals surface area contributed by atoms with Crippen molar-refractivity contribution < 1.29 is 0 Å². The number of H-pyrrole nitrogens is 1. The highest BCUT2D eigenvalue weighted by Gasteiger charge is 2.15. The highest BCUT2D eigenvalue weighted by molar-refractivity contribution is 4.81. The van der Waals surface area contributed by atoms with Crippen molar-refractivity contribution in [1.82, 2.24) is 9.78 Å². The molecule has 12 heavy (non-hydrogen) atoms. The van der Waals surface area contributed by atoms with Crippen LogP contribution in [0.1, 0.15) is 25.7 Å². The molecule has 2 rings (SSSR count). The molecule has 0 aliphatic heterocycles. The highest BCUT2D eigenvalue weighted by Crippen LogP contribution is 2.25. The smallest absolute Gasteiger partial charge is 0.266 e. The van der Waals surface area contributed by atoms with Crippen molar-refractivity contribution in [3.05, 3.63) is 22.6 Å². The summed E-state index contributed by atoms with van der Waals surface area (Å²) >= 11 is 0. The van der Waals surface area contributed by atoms with Gasteiger partial charge in [0.1, 0.15) is 0 Å². The van der Waals surface area contributed by atoms with Gasteiger partial charge in [-0.2, -0.15) is 0 Å². The van der Waals surface area contributed by atoms with E-state index in [1.807, 2.05) is 0 Å². The van der Waals surface area contributed by atoms with E-state index in [0.717, 1.165) is 12.5 Å². The Morgan fingerprint density at radius 1 is 1.50 bits per heavy atom. The predicted molar refractivity (Wildman–Crippen MR) is 47.0 cm³/mol. The fourth-order valence-corrected chi connectivity index (χ4v) is 1.95. The van der Waals surface area contributed by atoms with Gasteiger partial charge in [-0.25, -0.2) is 0 Å². The van der Waals surface area contributed by atoms with Crippen LogP contribution in [0.15, 0.2) is 17.1 Å². The van der Waals surface area contributed by atoms with Crippen LogP contribution in [0.25, 0.3) is 0 Å². The molecule has 66 valence electrons. The monoisotopic (exact) mass is 166 g/mol. The summed E-state index contributed by atoms with van der Waals surface area (Å²) in [5.41, 5.74) is 0.0990. The van der Waals surface area contributed by atoms with Gasteiger partial charge in [0.25, 0.3) is 5.56 Å². The summed E-state index contributed by atoms with van der Waals surface area (Å²) in [5.74, 6) is 0.723. The molecule has 0 amide bonds. The fraction of sp³-hybridized carbons (Fsp3) is 0.667. The van der Waals surface area contributed by atoms with E-state index in [4.69, 9.17) is 0 Å². The van der Waals surface area contributed by atoms with Crippen LogP contribution in [0, 0.1) is 5.92 Å².